The quantitative estimate of drug-likeness (QED) is 0.890. The maximum Gasteiger partial charge on any atom is 0.237 e. The summed E-state index contributed by atoms with van der Waals surface area (Å²) in [5.41, 5.74) is 0. The van der Waals surface area contributed by atoms with E-state index in [0.717, 1.165) is 23.1 Å². The predicted molar refractivity (Wildman–Crippen MR) is 87.9 cm³/mol. The number of thiophene rings is 1. The summed E-state index contributed by atoms with van der Waals surface area (Å²) in [4.78, 5) is 13.5. The fraction of sp³-hybridized carbons (Fsp3) is 0.688. The molecule has 3 unspecified atom stereocenters. The third kappa shape index (κ3) is 3.99. The molecule has 0 radical (unpaired) electrons. The first kappa shape index (κ1) is 15.3. The first-order valence-corrected chi connectivity index (χ1v) is 9.20. The highest BCUT2D eigenvalue weighted by Gasteiger charge is 2.34. The van der Waals surface area contributed by atoms with Crippen molar-refractivity contribution in [2.75, 3.05) is 6.54 Å². The van der Waals surface area contributed by atoms with Crippen molar-refractivity contribution in [2.45, 2.75) is 57.0 Å². The minimum atomic E-state index is 0.0104. The van der Waals surface area contributed by atoms with Gasteiger partial charge in [-0.05, 0) is 50.2 Å². The van der Waals surface area contributed by atoms with E-state index in [1.165, 1.54) is 37.0 Å². The lowest BCUT2D eigenvalue weighted by Gasteiger charge is -2.39. The van der Waals surface area contributed by atoms with Crippen LogP contribution in [-0.4, -0.2) is 24.5 Å². The van der Waals surface area contributed by atoms with E-state index < -0.39 is 0 Å². The van der Waals surface area contributed by atoms with Gasteiger partial charge in [0, 0.05) is 17.5 Å². The number of amides is 1. The Morgan fingerprint density at radius 2 is 2.14 bits per heavy atom. The molecule has 3 nitrogen and oxygen atoms in total. The molecule has 3 atom stereocenters. The fourth-order valence-corrected chi connectivity index (χ4v) is 4.71. The summed E-state index contributed by atoms with van der Waals surface area (Å²) in [5.74, 6) is 0.970. The molecule has 0 aromatic carbocycles. The van der Waals surface area contributed by atoms with Crippen LogP contribution >= 0.6 is 22.9 Å². The predicted octanol–water partition coefficient (Wildman–Crippen LogP) is 3.37. The van der Waals surface area contributed by atoms with Crippen LogP contribution in [0.15, 0.2) is 12.1 Å². The van der Waals surface area contributed by atoms with Crippen LogP contribution in [0.2, 0.25) is 4.34 Å². The zero-order valence-electron chi connectivity index (χ0n) is 12.2. The van der Waals surface area contributed by atoms with Crippen LogP contribution in [0.5, 0.6) is 0 Å². The maximum absolute atomic E-state index is 12.3. The molecule has 2 aliphatic rings. The van der Waals surface area contributed by atoms with Gasteiger partial charge >= 0.3 is 0 Å². The molecule has 5 heteroatoms. The molecular weight excluding hydrogens is 304 g/mol. The van der Waals surface area contributed by atoms with Gasteiger partial charge in [-0.1, -0.05) is 24.4 Å². The second kappa shape index (κ2) is 7.12. The number of carbonyl (C=O) groups is 1. The lowest BCUT2D eigenvalue weighted by Crippen LogP contribution is -2.55. The van der Waals surface area contributed by atoms with Gasteiger partial charge < -0.3 is 10.6 Å². The van der Waals surface area contributed by atoms with Crippen LogP contribution in [0.25, 0.3) is 0 Å². The van der Waals surface area contributed by atoms with Crippen molar-refractivity contribution >= 4 is 28.8 Å². The lowest BCUT2D eigenvalue weighted by molar-refractivity contribution is -0.124. The summed E-state index contributed by atoms with van der Waals surface area (Å²) in [6.45, 7) is 0.696. The Morgan fingerprint density at radius 3 is 2.95 bits per heavy atom. The van der Waals surface area contributed by atoms with E-state index in [0.29, 0.717) is 12.6 Å². The Hall–Kier alpha value is -0.580. The second-order valence-electron chi connectivity index (χ2n) is 6.19. The molecule has 1 aliphatic carbocycles. The van der Waals surface area contributed by atoms with Gasteiger partial charge in [-0.25, -0.2) is 0 Å². The van der Waals surface area contributed by atoms with Crippen LogP contribution < -0.4 is 10.6 Å². The highest BCUT2D eigenvalue weighted by atomic mass is 35.5. The van der Waals surface area contributed by atoms with E-state index in [1.807, 2.05) is 12.1 Å². The second-order valence-corrected chi connectivity index (χ2v) is 7.99. The van der Waals surface area contributed by atoms with Crippen LogP contribution in [0.4, 0.5) is 0 Å². The summed E-state index contributed by atoms with van der Waals surface area (Å²) < 4.78 is 0.814. The lowest BCUT2D eigenvalue weighted by atomic mass is 9.77. The Morgan fingerprint density at radius 1 is 1.29 bits per heavy atom. The first-order valence-electron chi connectivity index (χ1n) is 8.00. The zero-order chi connectivity index (χ0) is 14.7. The highest BCUT2D eigenvalue weighted by Crippen LogP contribution is 2.32. The minimum Gasteiger partial charge on any atom is -0.354 e. The molecule has 1 saturated heterocycles. The third-order valence-corrected chi connectivity index (χ3v) is 6.06. The summed E-state index contributed by atoms with van der Waals surface area (Å²) in [5, 5.41) is 6.65. The van der Waals surface area contributed by atoms with Crippen molar-refractivity contribution in [3.63, 3.8) is 0 Å². The number of hydrogen-bond acceptors (Lipinski definition) is 3. The van der Waals surface area contributed by atoms with E-state index >= 15 is 0 Å². The molecule has 2 heterocycles. The van der Waals surface area contributed by atoms with Gasteiger partial charge in [0.2, 0.25) is 5.91 Å². The molecule has 2 fully saturated rings. The molecule has 21 heavy (non-hydrogen) atoms. The zero-order valence-corrected chi connectivity index (χ0v) is 13.8. The molecule has 1 aromatic heterocycles. The summed E-state index contributed by atoms with van der Waals surface area (Å²) in [6, 6.07) is 4.52. The number of carbonyl (C=O) groups excluding carboxylic acids is 1. The van der Waals surface area contributed by atoms with Gasteiger partial charge in [-0.15, -0.1) is 11.3 Å². The van der Waals surface area contributed by atoms with E-state index in [-0.39, 0.29) is 11.9 Å². The van der Waals surface area contributed by atoms with Crippen LogP contribution in [-0.2, 0) is 11.2 Å². The van der Waals surface area contributed by atoms with E-state index in [9.17, 15) is 4.79 Å². The average molecular weight is 327 g/mol. The molecule has 0 bridgehead atoms. The van der Waals surface area contributed by atoms with Crippen molar-refractivity contribution in [1.29, 1.82) is 0 Å². The van der Waals surface area contributed by atoms with Crippen molar-refractivity contribution in [3.05, 3.63) is 21.3 Å². The number of nitrogens with one attached hydrogen (secondary N) is 2. The monoisotopic (exact) mass is 326 g/mol. The van der Waals surface area contributed by atoms with E-state index in [1.54, 1.807) is 11.3 Å². The van der Waals surface area contributed by atoms with E-state index in [4.69, 9.17) is 11.6 Å². The van der Waals surface area contributed by atoms with Crippen molar-refractivity contribution in [1.82, 2.24) is 10.6 Å². The van der Waals surface area contributed by atoms with Crippen molar-refractivity contribution < 1.29 is 4.79 Å². The molecule has 0 spiro atoms. The topological polar surface area (TPSA) is 41.1 Å². The van der Waals surface area contributed by atoms with Gasteiger partial charge in [0.15, 0.2) is 0 Å². The van der Waals surface area contributed by atoms with Gasteiger partial charge in [0.1, 0.15) is 0 Å². The molecule has 116 valence electrons. The number of fused-ring (bicyclic) bond motifs is 1. The summed E-state index contributed by atoms with van der Waals surface area (Å²) >= 11 is 7.50. The van der Waals surface area contributed by atoms with Crippen LogP contribution in [0.1, 0.15) is 43.4 Å². The number of rotatable bonds is 4. The average Bonchev–Trinajstić information content (AvgIpc) is 2.92. The Balaban J connectivity index is 1.43. The van der Waals surface area contributed by atoms with Crippen molar-refractivity contribution in [2.24, 2.45) is 5.92 Å². The number of hydrogen-bond donors (Lipinski definition) is 2. The summed E-state index contributed by atoms with van der Waals surface area (Å²) in [6.07, 6.45) is 8.30. The van der Waals surface area contributed by atoms with Crippen LogP contribution in [0, 0.1) is 5.92 Å². The first-order chi connectivity index (χ1) is 10.2. The van der Waals surface area contributed by atoms with Gasteiger partial charge in [-0.2, -0.15) is 0 Å². The number of piperidine rings is 1. The molecule has 3 rings (SSSR count). The molecular formula is C16H23ClN2OS. The van der Waals surface area contributed by atoms with Crippen molar-refractivity contribution in [3.8, 4) is 0 Å². The smallest absolute Gasteiger partial charge is 0.237 e. The largest absolute Gasteiger partial charge is 0.354 e. The fourth-order valence-electron chi connectivity index (χ4n) is 3.62. The molecule has 1 aromatic rings. The molecule has 2 N–H and O–H groups in total. The van der Waals surface area contributed by atoms with Gasteiger partial charge in [0.05, 0.1) is 10.4 Å². The minimum absolute atomic E-state index is 0.0104. The summed E-state index contributed by atoms with van der Waals surface area (Å²) in [7, 11) is 0. The highest BCUT2D eigenvalue weighted by molar-refractivity contribution is 7.16. The Labute approximate surface area is 135 Å². The molecule has 1 amide bonds. The normalized spacial score (nSPS) is 28.9. The van der Waals surface area contributed by atoms with Gasteiger partial charge in [0.25, 0.3) is 0 Å². The SMILES string of the molecule is O=C(NCCc1ccc(Cl)s1)C1CCC2CCCCC2N1. The van der Waals surface area contributed by atoms with E-state index in [2.05, 4.69) is 10.6 Å². The third-order valence-electron chi connectivity index (χ3n) is 4.77. The standard InChI is InChI=1S/C16H23ClN2OS/c17-15-8-6-12(21-15)9-10-18-16(20)14-7-5-11-3-1-2-4-13(11)19-14/h6,8,11,13-14,19H,1-5,7,9-10H2,(H,18,20). The Kier molecular flexibility index (Phi) is 5.19. The van der Waals surface area contributed by atoms with Gasteiger partial charge in [-0.3, -0.25) is 4.79 Å². The molecule has 1 aliphatic heterocycles. The maximum atomic E-state index is 12.3. The van der Waals surface area contributed by atoms with Crippen LogP contribution in [0.3, 0.4) is 0 Å². The number of halogens is 1. The molecule has 1 saturated carbocycles. The Bertz CT molecular complexity index is 490.